The Morgan fingerprint density at radius 2 is 2.17 bits per heavy atom. The highest BCUT2D eigenvalue weighted by atomic mass is 16.3. The second-order valence-electron chi connectivity index (χ2n) is 4.69. The molecule has 0 aromatic rings. The third kappa shape index (κ3) is 2.07. The molecule has 0 amide bonds. The molecule has 12 heavy (non-hydrogen) atoms. The van der Waals surface area contributed by atoms with E-state index in [1.165, 1.54) is 0 Å². The van der Waals surface area contributed by atoms with Crippen LogP contribution in [-0.4, -0.2) is 17.0 Å². The average Bonchev–Trinajstić information content (AvgIpc) is 2.04. The number of ketones is 1. The molecule has 0 saturated heterocycles. The predicted molar refractivity (Wildman–Crippen MR) is 47.8 cm³/mol. The van der Waals surface area contributed by atoms with E-state index < -0.39 is 0 Å². The zero-order chi connectivity index (χ0) is 9.35. The number of hydrogen-bond acceptors (Lipinski definition) is 2. The van der Waals surface area contributed by atoms with Crippen LogP contribution in [0, 0.1) is 11.3 Å². The van der Waals surface area contributed by atoms with E-state index in [1.54, 1.807) is 6.92 Å². The van der Waals surface area contributed by atoms with Crippen molar-refractivity contribution in [3.63, 3.8) is 0 Å². The molecule has 0 aliphatic heterocycles. The SMILES string of the molecule is CC(=O)CC1CC(O)CC1(C)C. The highest BCUT2D eigenvalue weighted by Gasteiger charge is 2.39. The molecule has 2 atom stereocenters. The number of carbonyl (C=O) groups excluding carboxylic acids is 1. The monoisotopic (exact) mass is 170 g/mol. The Morgan fingerprint density at radius 1 is 1.58 bits per heavy atom. The van der Waals surface area contributed by atoms with E-state index >= 15 is 0 Å². The van der Waals surface area contributed by atoms with Gasteiger partial charge in [0.2, 0.25) is 0 Å². The lowest BCUT2D eigenvalue weighted by Gasteiger charge is -2.25. The first-order chi connectivity index (χ1) is 5.42. The molecular weight excluding hydrogens is 152 g/mol. The summed E-state index contributed by atoms with van der Waals surface area (Å²) in [5, 5.41) is 9.44. The van der Waals surface area contributed by atoms with Gasteiger partial charge in [-0.3, -0.25) is 0 Å². The Hall–Kier alpha value is -0.370. The van der Waals surface area contributed by atoms with Gasteiger partial charge in [0.25, 0.3) is 0 Å². The van der Waals surface area contributed by atoms with Crippen LogP contribution in [-0.2, 0) is 4.79 Å². The highest BCUT2D eigenvalue weighted by Crippen LogP contribution is 2.44. The van der Waals surface area contributed by atoms with Crippen LogP contribution in [0.25, 0.3) is 0 Å². The lowest BCUT2D eigenvalue weighted by atomic mass is 9.79. The van der Waals surface area contributed by atoms with Crippen LogP contribution >= 0.6 is 0 Å². The van der Waals surface area contributed by atoms with Crippen molar-refractivity contribution in [2.45, 2.75) is 46.1 Å². The standard InChI is InChI=1S/C10H18O2/c1-7(11)4-8-5-9(12)6-10(8,2)3/h8-9,12H,4-6H2,1-3H3. The smallest absolute Gasteiger partial charge is 0.130 e. The first-order valence-corrected chi connectivity index (χ1v) is 4.59. The zero-order valence-corrected chi connectivity index (χ0v) is 8.13. The van der Waals surface area contributed by atoms with Crippen LogP contribution in [0.4, 0.5) is 0 Å². The minimum atomic E-state index is -0.190. The van der Waals surface area contributed by atoms with Crippen LogP contribution in [0.2, 0.25) is 0 Å². The molecule has 1 saturated carbocycles. The summed E-state index contributed by atoms with van der Waals surface area (Å²) in [6.07, 6.45) is 2.08. The summed E-state index contributed by atoms with van der Waals surface area (Å²) in [5.41, 5.74) is 0.144. The maximum absolute atomic E-state index is 10.9. The summed E-state index contributed by atoms with van der Waals surface area (Å²) in [6, 6.07) is 0. The van der Waals surface area contributed by atoms with Crippen molar-refractivity contribution in [2.24, 2.45) is 11.3 Å². The van der Waals surface area contributed by atoms with Gasteiger partial charge in [0.05, 0.1) is 6.10 Å². The molecule has 2 heteroatoms. The van der Waals surface area contributed by atoms with Crippen LogP contribution in [0.5, 0.6) is 0 Å². The second kappa shape index (κ2) is 3.17. The molecule has 0 bridgehead atoms. The molecular formula is C10H18O2. The van der Waals surface area contributed by atoms with Gasteiger partial charge in [-0.05, 0) is 31.1 Å². The first kappa shape index (κ1) is 9.72. The fourth-order valence-electron chi connectivity index (χ4n) is 2.21. The van der Waals surface area contributed by atoms with E-state index in [4.69, 9.17) is 0 Å². The second-order valence-corrected chi connectivity index (χ2v) is 4.69. The number of Topliss-reactive ketones (excluding diaryl/α,β-unsaturated/α-hetero) is 1. The predicted octanol–water partition coefficient (Wildman–Crippen LogP) is 1.76. The number of rotatable bonds is 2. The first-order valence-electron chi connectivity index (χ1n) is 4.59. The van der Waals surface area contributed by atoms with Gasteiger partial charge in [-0.15, -0.1) is 0 Å². The van der Waals surface area contributed by atoms with Crippen LogP contribution < -0.4 is 0 Å². The van der Waals surface area contributed by atoms with Crippen LogP contribution in [0.3, 0.4) is 0 Å². The van der Waals surface area contributed by atoms with E-state index in [2.05, 4.69) is 13.8 Å². The Kier molecular flexibility index (Phi) is 2.57. The number of carbonyl (C=O) groups is 1. The number of aliphatic hydroxyl groups excluding tert-OH is 1. The van der Waals surface area contributed by atoms with Crippen LogP contribution in [0.15, 0.2) is 0 Å². The van der Waals surface area contributed by atoms with Gasteiger partial charge >= 0.3 is 0 Å². The largest absolute Gasteiger partial charge is 0.393 e. The van der Waals surface area contributed by atoms with E-state index in [9.17, 15) is 9.90 Å². The van der Waals surface area contributed by atoms with Crippen LogP contribution in [0.1, 0.15) is 40.0 Å². The summed E-state index contributed by atoms with van der Waals surface area (Å²) in [4.78, 5) is 10.9. The van der Waals surface area contributed by atoms with Gasteiger partial charge in [0.1, 0.15) is 5.78 Å². The normalized spacial score (nSPS) is 33.7. The van der Waals surface area contributed by atoms with Crippen molar-refractivity contribution in [3.8, 4) is 0 Å². The lowest BCUT2D eigenvalue weighted by molar-refractivity contribution is -0.118. The molecule has 1 rings (SSSR count). The minimum Gasteiger partial charge on any atom is -0.393 e. The Morgan fingerprint density at radius 3 is 2.50 bits per heavy atom. The Balaban J connectivity index is 2.59. The molecule has 0 spiro atoms. The van der Waals surface area contributed by atoms with E-state index in [0.29, 0.717) is 12.3 Å². The molecule has 1 aliphatic rings. The van der Waals surface area contributed by atoms with Crippen molar-refractivity contribution in [2.75, 3.05) is 0 Å². The van der Waals surface area contributed by atoms with Crippen molar-refractivity contribution < 1.29 is 9.90 Å². The summed E-state index contributed by atoms with van der Waals surface area (Å²) < 4.78 is 0. The topological polar surface area (TPSA) is 37.3 Å². The molecule has 0 aromatic carbocycles. The van der Waals surface area contributed by atoms with Gasteiger partial charge in [-0.25, -0.2) is 0 Å². The maximum Gasteiger partial charge on any atom is 0.130 e. The molecule has 70 valence electrons. The third-order valence-electron chi connectivity index (χ3n) is 2.96. The third-order valence-corrected chi connectivity index (χ3v) is 2.96. The fourth-order valence-corrected chi connectivity index (χ4v) is 2.21. The number of aliphatic hydroxyl groups is 1. The van der Waals surface area contributed by atoms with Gasteiger partial charge in [0, 0.05) is 6.42 Å². The van der Waals surface area contributed by atoms with Gasteiger partial charge in [0.15, 0.2) is 0 Å². The van der Waals surface area contributed by atoms with Gasteiger partial charge in [-0.2, -0.15) is 0 Å². The summed E-state index contributed by atoms with van der Waals surface area (Å²) >= 11 is 0. The lowest BCUT2D eigenvalue weighted by Crippen LogP contribution is -2.19. The molecule has 1 N–H and O–H groups in total. The molecule has 1 aliphatic carbocycles. The number of hydrogen-bond donors (Lipinski definition) is 1. The molecule has 2 unspecified atom stereocenters. The van der Waals surface area contributed by atoms with Gasteiger partial charge < -0.3 is 9.90 Å². The summed E-state index contributed by atoms with van der Waals surface area (Å²) in [6.45, 7) is 5.90. The van der Waals surface area contributed by atoms with E-state index in [-0.39, 0.29) is 17.3 Å². The van der Waals surface area contributed by atoms with E-state index in [1.807, 2.05) is 0 Å². The zero-order valence-electron chi connectivity index (χ0n) is 8.13. The van der Waals surface area contributed by atoms with Crippen molar-refractivity contribution in [3.05, 3.63) is 0 Å². The quantitative estimate of drug-likeness (QED) is 0.685. The van der Waals surface area contributed by atoms with E-state index in [0.717, 1.165) is 12.8 Å². The molecule has 0 aromatic heterocycles. The van der Waals surface area contributed by atoms with Crippen molar-refractivity contribution in [1.82, 2.24) is 0 Å². The molecule has 0 heterocycles. The highest BCUT2D eigenvalue weighted by molar-refractivity contribution is 5.75. The Bertz CT molecular complexity index is 184. The average molecular weight is 170 g/mol. The van der Waals surface area contributed by atoms with Crippen molar-refractivity contribution in [1.29, 1.82) is 0 Å². The summed E-state index contributed by atoms with van der Waals surface area (Å²) in [7, 11) is 0. The molecule has 0 radical (unpaired) electrons. The maximum atomic E-state index is 10.9. The fraction of sp³-hybridized carbons (Fsp3) is 0.900. The molecule has 2 nitrogen and oxygen atoms in total. The summed E-state index contributed by atoms with van der Waals surface area (Å²) in [5.74, 6) is 0.618. The molecule has 1 fully saturated rings. The van der Waals surface area contributed by atoms with Gasteiger partial charge in [-0.1, -0.05) is 13.8 Å². The Labute approximate surface area is 74.0 Å². The minimum absolute atomic E-state index is 0.144. The van der Waals surface area contributed by atoms with Crippen molar-refractivity contribution >= 4 is 5.78 Å².